The van der Waals surface area contributed by atoms with Gasteiger partial charge in [-0.2, -0.15) is 0 Å². The third-order valence-corrected chi connectivity index (χ3v) is 4.58. The van der Waals surface area contributed by atoms with Gasteiger partial charge in [-0.15, -0.1) is 35.3 Å². The van der Waals surface area contributed by atoms with Crippen molar-refractivity contribution >= 4 is 41.3 Å². The highest BCUT2D eigenvalue weighted by Crippen LogP contribution is 2.16. The monoisotopic (exact) mass is 460 g/mol. The molecule has 1 aromatic carbocycles. The molecule has 0 saturated carbocycles. The minimum absolute atomic E-state index is 0. The number of nitrogens with one attached hydrogen (secondary N) is 2. The molecule has 5 nitrogen and oxygen atoms in total. The molecule has 0 aliphatic rings. The maximum absolute atomic E-state index is 5.24. The lowest BCUT2D eigenvalue weighted by atomic mass is 10.1. The molecule has 2 aromatic rings. The van der Waals surface area contributed by atoms with Crippen molar-refractivity contribution in [1.82, 2.24) is 15.6 Å². The summed E-state index contributed by atoms with van der Waals surface area (Å²) >= 11 is 1.72. The van der Waals surface area contributed by atoms with Gasteiger partial charge in [0.05, 0.1) is 23.9 Å². The van der Waals surface area contributed by atoms with Crippen LogP contribution in [0.5, 0.6) is 0 Å². The quantitative estimate of drug-likeness (QED) is 0.394. The lowest BCUT2D eigenvalue weighted by Crippen LogP contribution is -2.36. The van der Waals surface area contributed by atoms with Crippen molar-refractivity contribution in [3.63, 3.8) is 0 Å². The fourth-order valence-electron chi connectivity index (χ4n) is 2.33. The lowest BCUT2D eigenvalue weighted by molar-refractivity contribution is 0.184. The molecule has 0 aliphatic heterocycles. The van der Waals surface area contributed by atoms with Gasteiger partial charge in [0.25, 0.3) is 0 Å². The Morgan fingerprint density at radius 1 is 1.17 bits per heavy atom. The molecule has 0 bridgehead atoms. The standard InChI is InChI=1S/C17H24N4OS.HI/c1-12-16(23-13(2)21-12)10-20-17(18-3)19-9-14-7-5-6-8-15(14)11-22-4;/h5-8H,9-11H2,1-4H3,(H2,18,19,20);1H. The van der Waals surface area contributed by atoms with Crippen LogP contribution in [0.4, 0.5) is 0 Å². The molecule has 0 amide bonds. The number of aromatic nitrogens is 1. The number of aliphatic imine (C=N–C) groups is 1. The van der Waals surface area contributed by atoms with Gasteiger partial charge in [-0.1, -0.05) is 24.3 Å². The molecule has 0 fully saturated rings. The summed E-state index contributed by atoms with van der Waals surface area (Å²) in [7, 11) is 3.49. The SMILES string of the molecule is CN=C(NCc1ccccc1COC)NCc1sc(C)nc1C.I. The molecular weight excluding hydrogens is 435 g/mol. The average molecular weight is 460 g/mol. The van der Waals surface area contributed by atoms with E-state index in [0.717, 1.165) is 23.2 Å². The molecule has 132 valence electrons. The molecule has 1 aromatic heterocycles. The van der Waals surface area contributed by atoms with E-state index in [1.54, 1.807) is 25.5 Å². The van der Waals surface area contributed by atoms with Crippen LogP contribution in [0.1, 0.15) is 26.7 Å². The van der Waals surface area contributed by atoms with Crippen LogP contribution in [0.15, 0.2) is 29.3 Å². The number of guanidine groups is 1. The van der Waals surface area contributed by atoms with Gasteiger partial charge in [-0.25, -0.2) is 4.98 Å². The maximum Gasteiger partial charge on any atom is 0.191 e. The first-order valence-electron chi connectivity index (χ1n) is 7.57. The highest BCUT2D eigenvalue weighted by atomic mass is 127. The second kappa shape index (κ2) is 10.6. The van der Waals surface area contributed by atoms with Crippen molar-refractivity contribution in [3.8, 4) is 0 Å². The predicted molar refractivity (Wildman–Crippen MR) is 111 cm³/mol. The zero-order chi connectivity index (χ0) is 16.7. The van der Waals surface area contributed by atoms with E-state index in [2.05, 4.69) is 32.7 Å². The average Bonchev–Trinajstić information content (AvgIpc) is 2.87. The molecule has 2 N–H and O–H groups in total. The maximum atomic E-state index is 5.24. The van der Waals surface area contributed by atoms with Crippen LogP contribution in [0.3, 0.4) is 0 Å². The summed E-state index contributed by atoms with van der Waals surface area (Å²) in [4.78, 5) is 9.96. The van der Waals surface area contributed by atoms with Gasteiger partial charge in [0.15, 0.2) is 5.96 Å². The first-order chi connectivity index (χ1) is 11.1. The van der Waals surface area contributed by atoms with E-state index in [1.807, 2.05) is 26.0 Å². The first-order valence-corrected chi connectivity index (χ1v) is 8.38. The van der Waals surface area contributed by atoms with Crippen molar-refractivity contribution < 1.29 is 4.74 Å². The molecule has 0 atom stereocenters. The van der Waals surface area contributed by atoms with Gasteiger partial charge in [0, 0.05) is 25.6 Å². The van der Waals surface area contributed by atoms with Gasteiger partial charge < -0.3 is 15.4 Å². The summed E-state index contributed by atoms with van der Waals surface area (Å²) in [5.74, 6) is 0.780. The minimum Gasteiger partial charge on any atom is -0.380 e. The molecule has 0 saturated heterocycles. The van der Waals surface area contributed by atoms with Gasteiger partial charge >= 0.3 is 0 Å². The number of thiazole rings is 1. The highest BCUT2D eigenvalue weighted by molar-refractivity contribution is 14.0. The summed E-state index contributed by atoms with van der Waals surface area (Å²) in [5.41, 5.74) is 3.48. The second-order valence-corrected chi connectivity index (χ2v) is 6.51. The van der Waals surface area contributed by atoms with Crippen molar-refractivity contribution in [3.05, 3.63) is 51.0 Å². The van der Waals surface area contributed by atoms with Crippen LogP contribution < -0.4 is 10.6 Å². The molecule has 0 aliphatic carbocycles. The Hall–Kier alpha value is -1.19. The zero-order valence-electron chi connectivity index (χ0n) is 14.5. The van der Waals surface area contributed by atoms with E-state index in [4.69, 9.17) is 4.74 Å². The fourth-order valence-corrected chi connectivity index (χ4v) is 3.20. The molecule has 1 heterocycles. The Morgan fingerprint density at radius 3 is 2.42 bits per heavy atom. The van der Waals surface area contributed by atoms with Crippen molar-refractivity contribution in [2.45, 2.75) is 33.5 Å². The zero-order valence-corrected chi connectivity index (χ0v) is 17.7. The lowest BCUT2D eigenvalue weighted by Gasteiger charge is -2.13. The van der Waals surface area contributed by atoms with E-state index in [9.17, 15) is 0 Å². The molecule has 0 radical (unpaired) electrons. The van der Waals surface area contributed by atoms with E-state index >= 15 is 0 Å². The smallest absolute Gasteiger partial charge is 0.191 e. The Balaban J connectivity index is 0.00000288. The van der Waals surface area contributed by atoms with Crippen molar-refractivity contribution in [1.29, 1.82) is 0 Å². The van der Waals surface area contributed by atoms with Crippen LogP contribution in [0.25, 0.3) is 0 Å². The molecule has 0 unspecified atom stereocenters. The second-order valence-electron chi connectivity index (χ2n) is 5.22. The molecule has 24 heavy (non-hydrogen) atoms. The van der Waals surface area contributed by atoms with Crippen LogP contribution in [-0.2, 0) is 24.4 Å². The van der Waals surface area contributed by atoms with Crippen LogP contribution in [0.2, 0.25) is 0 Å². The van der Waals surface area contributed by atoms with E-state index in [0.29, 0.717) is 13.2 Å². The Morgan fingerprint density at radius 2 is 1.83 bits per heavy atom. The molecule has 0 spiro atoms. The summed E-state index contributed by atoms with van der Waals surface area (Å²) in [5, 5.41) is 7.78. The van der Waals surface area contributed by atoms with Gasteiger partial charge in [0.1, 0.15) is 0 Å². The summed E-state index contributed by atoms with van der Waals surface area (Å²) in [6.07, 6.45) is 0. The number of benzene rings is 1. The van der Waals surface area contributed by atoms with E-state index in [1.165, 1.54) is 16.0 Å². The summed E-state index contributed by atoms with van der Waals surface area (Å²) in [6.45, 7) is 6.12. The largest absolute Gasteiger partial charge is 0.380 e. The Labute approximate surface area is 165 Å². The third-order valence-electron chi connectivity index (χ3n) is 3.50. The predicted octanol–water partition coefficient (Wildman–Crippen LogP) is 3.39. The fraction of sp³-hybridized carbons (Fsp3) is 0.412. The number of hydrogen-bond donors (Lipinski definition) is 2. The topological polar surface area (TPSA) is 58.5 Å². The number of rotatable bonds is 6. The van der Waals surface area contributed by atoms with E-state index < -0.39 is 0 Å². The van der Waals surface area contributed by atoms with E-state index in [-0.39, 0.29) is 24.0 Å². The van der Waals surface area contributed by atoms with Gasteiger partial charge in [0.2, 0.25) is 0 Å². The minimum atomic E-state index is 0. The van der Waals surface area contributed by atoms with Crippen molar-refractivity contribution in [2.24, 2.45) is 4.99 Å². The number of ether oxygens (including phenoxy) is 1. The summed E-state index contributed by atoms with van der Waals surface area (Å²) in [6, 6.07) is 8.25. The van der Waals surface area contributed by atoms with Crippen molar-refractivity contribution in [2.75, 3.05) is 14.2 Å². The number of methoxy groups -OCH3 is 1. The van der Waals surface area contributed by atoms with Crippen LogP contribution in [-0.4, -0.2) is 25.1 Å². The summed E-state index contributed by atoms with van der Waals surface area (Å²) < 4.78 is 5.24. The Kier molecular flexibility index (Phi) is 9.24. The first kappa shape index (κ1) is 20.9. The molecule has 2 rings (SSSR count). The number of nitrogens with zero attached hydrogens (tertiary/aromatic N) is 2. The Bertz CT molecular complexity index is 672. The van der Waals surface area contributed by atoms with Gasteiger partial charge in [-0.05, 0) is 25.0 Å². The highest BCUT2D eigenvalue weighted by Gasteiger charge is 2.07. The number of halogens is 1. The molecule has 7 heteroatoms. The number of aryl methyl sites for hydroxylation is 2. The number of hydrogen-bond acceptors (Lipinski definition) is 4. The third kappa shape index (κ3) is 6.03. The molecular formula is C17H25IN4OS. The van der Waals surface area contributed by atoms with Crippen LogP contribution in [0, 0.1) is 13.8 Å². The van der Waals surface area contributed by atoms with Crippen LogP contribution >= 0.6 is 35.3 Å². The van der Waals surface area contributed by atoms with Gasteiger partial charge in [-0.3, -0.25) is 4.99 Å². The normalized spacial score (nSPS) is 11.1.